The van der Waals surface area contributed by atoms with Crippen molar-refractivity contribution in [2.24, 2.45) is 17.8 Å². The van der Waals surface area contributed by atoms with Crippen molar-refractivity contribution in [3.05, 3.63) is 64.3 Å². The standard InChI is InChI=1S/C36H48ClN3O6S3/c1-24-7-5-16-36(42,35-47-19-6-20-48-35)29-12-10-26(29)22-40-17-4-3-8-25-21-28(37)11-9-27(25)23-46-31-14-13-30(38-33(31)40)34(41)39-49(43,44)32(24)15-18-45-2/h5,9,11,13-14,16,21,24,26,29,32,35,42H,3-4,6-8,10,12,15,17-20,22-23H2,1-2H3,(H,39,41)/b16-5+/t24-,26-,29+,32+,36-/m0/s1. The number of carbonyl (C=O) groups excluding carboxylic acids is 1. The van der Waals surface area contributed by atoms with Gasteiger partial charge in [-0.1, -0.05) is 36.7 Å². The monoisotopic (exact) mass is 749 g/mol. The number of pyridine rings is 1. The number of anilines is 1. The molecule has 268 valence electrons. The van der Waals surface area contributed by atoms with E-state index in [1.54, 1.807) is 6.07 Å². The number of carbonyl (C=O) groups is 1. The zero-order valence-corrected chi connectivity index (χ0v) is 31.5. The van der Waals surface area contributed by atoms with Gasteiger partial charge in [-0.3, -0.25) is 4.79 Å². The lowest BCUT2D eigenvalue weighted by atomic mass is 9.64. The van der Waals surface area contributed by atoms with E-state index in [2.05, 4.69) is 9.62 Å². The third-order valence-corrected chi connectivity index (χ3v) is 15.9. The number of rotatable bonds is 4. The van der Waals surface area contributed by atoms with E-state index in [-0.39, 0.29) is 41.1 Å². The molecule has 9 nitrogen and oxygen atoms in total. The lowest BCUT2D eigenvalue weighted by Gasteiger charge is -2.51. The van der Waals surface area contributed by atoms with Crippen LogP contribution >= 0.6 is 35.1 Å². The molecule has 2 aromatic rings. The molecule has 0 unspecified atom stereocenters. The number of ether oxygens (including phenoxy) is 2. The van der Waals surface area contributed by atoms with Gasteiger partial charge in [-0.2, -0.15) is 0 Å². The van der Waals surface area contributed by atoms with Crippen molar-refractivity contribution >= 4 is 56.9 Å². The van der Waals surface area contributed by atoms with Gasteiger partial charge in [0.15, 0.2) is 11.6 Å². The van der Waals surface area contributed by atoms with Gasteiger partial charge in [-0.15, -0.1) is 23.5 Å². The summed E-state index contributed by atoms with van der Waals surface area (Å²) >= 11 is 10.0. The first-order chi connectivity index (χ1) is 23.6. The van der Waals surface area contributed by atoms with Crippen LogP contribution in [0, 0.1) is 17.8 Å². The summed E-state index contributed by atoms with van der Waals surface area (Å²) < 4.78 is 41.7. The molecule has 13 heteroatoms. The molecule has 2 fully saturated rings. The average molecular weight is 750 g/mol. The molecule has 3 aliphatic heterocycles. The van der Waals surface area contributed by atoms with E-state index >= 15 is 0 Å². The van der Waals surface area contributed by atoms with Gasteiger partial charge in [0.1, 0.15) is 17.9 Å². The quantitative estimate of drug-likeness (QED) is 0.337. The first-order valence-electron chi connectivity index (χ1n) is 17.4. The Hall–Kier alpha value is -1.96. The van der Waals surface area contributed by atoms with E-state index in [1.165, 1.54) is 13.2 Å². The molecule has 0 spiro atoms. The SMILES string of the molecule is COCC[C@@H]1[C@@H](C)C/C=C/[C@@](O)(C2SCCCS2)[C@@H]2CC[C@H]2CN2CCCCc3cc(Cl)ccc3COc3ccc(nc32)C(=O)NS1(=O)=O. The number of aromatic nitrogens is 1. The van der Waals surface area contributed by atoms with Crippen LogP contribution in [0.3, 0.4) is 0 Å². The molecule has 1 amide bonds. The number of hydrogen-bond acceptors (Lipinski definition) is 10. The third kappa shape index (κ3) is 8.41. The van der Waals surface area contributed by atoms with Crippen molar-refractivity contribution < 1.29 is 27.8 Å². The fourth-order valence-corrected chi connectivity index (χ4v) is 12.7. The van der Waals surface area contributed by atoms with Crippen LogP contribution in [0.15, 0.2) is 42.5 Å². The Morgan fingerprint density at radius 1 is 1.14 bits per heavy atom. The molecule has 1 aliphatic carbocycles. The molecule has 2 bridgehead atoms. The van der Waals surface area contributed by atoms with Gasteiger partial charge in [0.05, 0.1) is 9.83 Å². The van der Waals surface area contributed by atoms with Gasteiger partial charge in [0, 0.05) is 31.8 Å². The summed E-state index contributed by atoms with van der Waals surface area (Å²) in [4.78, 5) is 20.7. The van der Waals surface area contributed by atoms with Gasteiger partial charge in [0.25, 0.3) is 5.91 Å². The molecule has 1 saturated carbocycles. The highest BCUT2D eigenvalue weighted by atomic mass is 35.5. The van der Waals surface area contributed by atoms with Gasteiger partial charge in [-0.25, -0.2) is 18.1 Å². The number of methoxy groups -OCH3 is 1. The van der Waals surface area contributed by atoms with E-state index in [9.17, 15) is 18.3 Å². The van der Waals surface area contributed by atoms with Crippen LogP contribution in [0.4, 0.5) is 5.82 Å². The topological polar surface area (TPSA) is 118 Å². The number of thioether (sulfide) groups is 2. The smallest absolute Gasteiger partial charge is 0.283 e. The van der Waals surface area contributed by atoms with Gasteiger partial charge >= 0.3 is 0 Å². The van der Waals surface area contributed by atoms with Crippen molar-refractivity contribution in [3.63, 3.8) is 0 Å². The Bertz CT molecular complexity index is 1620. The maximum absolute atomic E-state index is 13.8. The maximum atomic E-state index is 13.8. The number of benzene rings is 1. The average Bonchev–Trinajstić information content (AvgIpc) is 3.09. The molecule has 2 N–H and O–H groups in total. The molecule has 4 heterocycles. The van der Waals surface area contributed by atoms with E-state index < -0.39 is 26.8 Å². The fourth-order valence-electron chi connectivity index (χ4n) is 7.60. The minimum absolute atomic E-state index is 0.0000302. The Morgan fingerprint density at radius 3 is 2.71 bits per heavy atom. The number of allylic oxidation sites excluding steroid dienone is 1. The van der Waals surface area contributed by atoms with Crippen molar-refractivity contribution in [1.82, 2.24) is 9.71 Å². The summed E-state index contributed by atoms with van der Waals surface area (Å²) in [6, 6.07) is 9.13. The highest BCUT2D eigenvalue weighted by Crippen LogP contribution is 2.51. The van der Waals surface area contributed by atoms with E-state index in [0.29, 0.717) is 42.7 Å². The van der Waals surface area contributed by atoms with Gasteiger partial charge in [0.2, 0.25) is 10.0 Å². The predicted octanol–water partition coefficient (Wildman–Crippen LogP) is 6.47. The molecule has 4 aliphatic rings. The Labute approximate surface area is 304 Å². The third-order valence-electron chi connectivity index (χ3n) is 10.5. The van der Waals surface area contributed by atoms with Crippen LogP contribution in [-0.2, 0) is 27.8 Å². The molecule has 1 aromatic heterocycles. The molecular formula is C36H48ClN3O6S3. The Kier molecular flexibility index (Phi) is 12.1. The van der Waals surface area contributed by atoms with E-state index in [4.69, 9.17) is 26.1 Å². The van der Waals surface area contributed by atoms with Gasteiger partial charge in [-0.05, 0) is 116 Å². The van der Waals surface area contributed by atoms with Crippen LogP contribution in [0.2, 0.25) is 5.02 Å². The normalized spacial score (nSPS) is 30.4. The number of aryl methyl sites for hydroxylation is 1. The number of sulfonamides is 1. The fraction of sp³-hybridized carbons (Fsp3) is 0.611. The largest absolute Gasteiger partial charge is 0.485 e. The molecule has 6 rings (SSSR count). The number of nitrogens with zero attached hydrogens (tertiary/aromatic N) is 2. The van der Waals surface area contributed by atoms with Crippen LogP contribution in [0.25, 0.3) is 0 Å². The zero-order valence-electron chi connectivity index (χ0n) is 28.3. The van der Waals surface area contributed by atoms with Crippen LogP contribution in [-0.4, -0.2) is 78.2 Å². The second kappa shape index (κ2) is 16.2. The predicted molar refractivity (Wildman–Crippen MR) is 199 cm³/mol. The van der Waals surface area contributed by atoms with Crippen LogP contribution in [0.1, 0.15) is 73.5 Å². The summed E-state index contributed by atoms with van der Waals surface area (Å²) in [5.74, 6) is 2.20. The number of amides is 1. The number of hydrogen-bond donors (Lipinski definition) is 2. The Morgan fingerprint density at radius 2 is 1.96 bits per heavy atom. The molecule has 1 saturated heterocycles. The first-order valence-corrected chi connectivity index (χ1v) is 21.5. The van der Waals surface area contributed by atoms with Crippen molar-refractivity contribution in [1.29, 1.82) is 0 Å². The van der Waals surface area contributed by atoms with Crippen molar-refractivity contribution in [2.75, 3.05) is 43.2 Å². The number of halogens is 1. The minimum Gasteiger partial charge on any atom is -0.485 e. The lowest BCUT2D eigenvalue weighted by molar-refractivity contribution is -0.0332. The molecule has 5 atom stereocenters. The molecule has 1 aromatic carbocycles. The number of aliphatic hydroxyl groups is 1. The molecular weight excluding hydrogens is 702 g/mol. The Balaban J connectivity index is 1.42. The van der Waals surface area contributed by atoms with Crippen molar-refractivity contribution in [3.8, 4) is 5.75 Å². The molecule has 49 heavy (non-hydrogen) atoms. The summed E-state index contributed by atoms with van der Waals surface area (Å²) in [7, 11) is -2.57. The highest BCUT2D eigenvalue weighted by Gasteiger charge is 2.51. The van der Waals surface area contributed by atoms with E-state index in [0.717, 1.165) is 61.2 Å². The zero-order chi connectivity index (χ0) is 34.6. The minimum atomic E-state index is -4.11. The first kappa shape index (κ1) is 36.8. The maximum Gasteiger partial charge on any atom is 0.283 e. The summed E-state index contributed by atoms with van der Waals surface area (Å²) in [6.07, 6.45) is 10.3. The highest BCUT2D eigenvalue weighted by molar-refractivity contribution is 8.17. The molecule has 0 radical (unpaired) electrons. The number of nitrogens with one attached hydrogen (secondary N) is 1. The second-order valence-corrected chi connectivity index (χ2v) is 18.9. The summed E-state index contributed by atoms with van der Waals surface area (Å²) in [6.45, 7) is 3.73. The number of fused-ring (bicyclic) bond motifs is 3. The summed E-state index contributed by atoms with van der Waals surface area (Å²) in [5, 5.41) is 12.5. The lowest BCUT2D eigenvalue weighted by Crippen LogP contribution is -2.54. The van der Waals surface area contributed by atoms with E-state index in [1.807, 2.05) is 60.8 Å². The van der Waals surface area contributed by atoms with Crippen LogP contribution < -0.4 is 14.4 Å². The second-order valence-electron chi connectivity index (χ2n) is 13.8. The van der Waals surface area contributed by atoms with Gasteiger partial charge < -0.3 is 19.5 Å². The van der Waals surface area contributed by atoms with Crippen LogP contribution in [0.5, 0.6) is 5.75 Å². The summed E-state index contributed by atoms with van der Waals surface area (Å²) in [5.41, 5.74) is 1.16. The van der Waals surface area contributed by atoms with Crippen molar-refractivity contribution in [2.45, 2.75) is 80.3 Å².